The van der Waals surface area contributed by atoms with Crippen molar-refractivity contribution >= 4 is 56.5 Å². The number of nitrogens with one attached hydrogen (secondary N) is 1. The van der Waals surface area contributed by atoms with Crippen LogP contribution in [-0.2, 0) is 10.5 Å². The molecule has 0 radical (unpaired) electrons. The molecule has 0 aliphatic heterocycles. The van der Waals surface area contributed by atoms with Crippen LogP contribution < -0.4 is 10.1 Å². The molecular formula is C24H22ClN3O2S2. The molecule has 4 aromatic rings. The monoisotopic (exact) mass is 483 g/mol. The Hall–Kier alpha value is -2.61. The maximum Gasteiger partial charge on any atom is 0.266 e. The summed E-state index contributed by atoms with van der Waals surface area (Å²) >= 11 is 9.16. The van der Waals surface area contributed by atoms with E-state index in [9.17, 15) is 4.79 Å². The number of aromatic nitrogens is 2. The fraction of sp³-hybridized carbons (Fsp3) is 0.208. The zero-order valence-corrected chi connectivity index (χ0v) is 20.3. The van der Waals surface area contributed by atoms with Crippen LogP contribution in [0.1, 0.15) is 23.6 Å². The molecule has 0 saturated heterocycles. The number of benzene rings is 3. The van der Waals surface area contributed by atoms with Crippen molar-refractivity contribution in [1.82, 2.24) is 10.2 Å². The largest absolute Gasteiger partial charge is 0.481 e. The second-order valence-corrected chi connectivity index (χ2v) is 10.00. The van der Waals surface area contributed by atoms with Crippen molar-refractivity contribution in [3.8, 4) is 5.75 Å². The Morgan fingerprint density at radius 2 is 1.84 bits per heavy atom. The number of aryl methyl sites for hydroxylation is 2. The van der Waals surface area contributed by atoms with Crippen LogP contribution in [0.5, 0.6) is 5.75 Å². The fourth-order valence-electron chi connectivity index (χ4n) is 3.32. The van der Waals surface area contributed by atoms with Crippen LogP contribution in [0.15, 0.2) is 58.9 Å². The molecule has 0 aliphatic carbocycles. The molecule has 4 rings (SSSR count). The second-order valence-electron chi connectivity index (χ2n) is 7.42. The van der Waals surface area contributed by atoms with Crippen molar-refractivity contribution in [2.45, 2.75) is 37.0 Å². The highest BCUT2D eigenvalue weighted by Gasteiger charge is 2.18. The fourth-order valence-corrected chi connectivity index (χ4v) is 5.18. The van der Waals surface area contributed by atoms with Gasteiger partial charge in [-0.25, -0.2) is 0 Å². The van der Waals surface area contributed by atoms with E-state index in [1.165, 1.54) is 27.7 Å². The summed E-state index contributed by atoms with van der Waals surface area (Å²) in [5.41, 5.74) is 3.06. The lowest BCUT2D eigenvalue weighted by atomic mass is 10.1. The standard InChI is InChI=1S/C24H22ClN3O2S2/c1-14-11-19(12-15(2)21(14)25)30-16(3)22(29)26-23-27-28-24(32-23)31-13-18-9-6-8-17-7-4-5-10-20(17)18/h4-12,16H,13H2,1-3H3,(H,26,27,29). The number of thioether (sulfide) groups is 1. The second kappa shape index (κ2) is 9.90. The number of nitrogens with zero attached hydrogens (tertiary/aromatic N) is 2. The van der Waals surface area contributed by atoms with Crippen molar-refractivity contribution in [2.24, 2.45) is 0 Å². The number of anilines is 1. The number of halogens is 1. The summed E-state index contributed by atoms with van der Waals surface area (Å²) in [6, 6.07) is 18.3. The minimum Gasteiger partial charge on any atom is -0.481 e. The van der Waals surface area contributed by atoms with Crippen LogP contribution in [-0.4, -0.2) is 22.2 Å². The highest BCUT2D eigenvalue weighted by atomic mass is 35.5. The van der Waals surface area contributed by atoms with Crippen molar-refractivity contribution in [1.29, 1.82) is 0 Å². The predicted octanol–water partition coefficient (Wildman–Crippen LogP) is 6.66. The molecule has 8 heteroatoms. The lowest BCUT2D eigenvalue weighted by Crippen LogP contribution is -2.30. The minimum absolute atomic E-state index is 0.281. The molecule has 5 nitrogen and oxygen atoms in total. The highest BCUT2D eigenvalue weighted by Crippen LogP contribution is 2.31. The number of amides is 1. The summed E-state index contributed by atoms with van der Waals surface area (Å²) in [7, 11) is 0. The lowest BCUT2D eigenvalue weighted by Gasteiger charge is -2.15. The Balaban J connectivity index is 1.36. The summed E-state index contributed by atoms with van der Waals surface area (Å²) in [6.45, 7) is 5.52. The van der Waals surface area contributed by atoms with E-state index in [2.05, 4.69) is 45.8 Å². The maximum atomic E-state index is 12.6. The van der Waals surface area contributed by atoms with Gasteiger partial charge in [0.2, 0.25) is 5.13 Å². The Morgan fingerprint density at radius 3 is 2.62 bits per heavy atom. The summed E-state index contributed by atoms with van der Waals surface area (Å²) in [6.07, 6.45) is -0.689. The van der Waals surface area contributed by atoms with Crippen LogP contribution in [0.25, 0.3) is 10.8 Å². The molecule has 32 heavy (non-hydrogen) atoms. The molecule has 1 aromatic heterocycles. The molecule has 1 amide bonds. The summed E-state index contributed by atoms with van der Waals surface area (Å²) in [5, 5.41) is 14.7. The van der Waals surface area contributed by atoms with Gasteiger partial charge in [-0.05, 0) is 60.4 Å². The van der Waals surface area contributed by atoms with Gasteiger partial charge in [0, 0.05) is 10.8 Å². The van der Waals surface area contributed by atoms with Gasteiger partial charge in [0.25, 0.3) is 5.91 Å². The zero-order valence-electron chi connectivity index (χ0n) is 17.9. The molecule has 1 N–H and O–H groups in total. The van der Waals surface area contributed by atoms with Crippen LogP contribution in [0.2, 0.25) is 5.02 Å². The van der Waals surface area contributed by atoms with E-state index in [-0.39, 0.29) is 5.91 Å². The Morgan fingerprint density at radius 1 is 1.12 bits per heavy atom. The van der Waals surface area contributed by atoms with Gasteiger partial charge < -0.3 is 4.74 Å². The number of hydrogen-bond acceptors (Lipinski definition) is 6. The smallest absolute Gasteiger partial charge is 0.266 e. The third kappa shape index (κ3) is 5.23. The first-order valence-electron chi connectivity index (χ1n) is 10.1. The topological polar surface area (TPSA) is 64.1 Å². The lowest BCUT2D eigenvalue weighted by molar-refractivity contribution is -0.122. The third-order valence-electron chi connectivity index (χ3n) is 4.96. The number of rotatable bonds is 7. The molecule has 0 spiro atoms. The Labute approximate surface area is 200 Å². The quantitative estimate of drug-likeness (QED) is 0.235. The average Bonchev–Trinajstić information content (AvgIpc) is 3.23. The molecule has 1 heterocycles. The van der Waals surface area contributed by atoms with E-state index in [1.54, 1.807) is 18.7 Å². The number of carbonyl (C=O) groups excluding carboxylic acids is 1. The predicted molar refractivity (Wildman–Crippen MR) is 133 cm³/mol. The minimum atomic E-state index is -0.689. The highest BCUT2D eigenvalue weighted by molar-refractivity contribution is 8.00. The molecule has 0 fully saturated rings. The van der Waals surface area contributed by atoms with E-state index >= 15 is 0 Å². The molecular weight excluding hydrogens is 462 g/mol. The van der Waals surface area contributed by atoms with Crippen LogP contribution in [0.3, 0.4) is 0 Å². The zero-order chi connectivity index (χ0) is 22.7. The number of carbonyl (C=O) groups is 1. The maximum absolute atomic E-state index is 12.6. The normalized spacial score (nSPS) is 12.0. The van der Waals surface area contributed by atoms with Gasteiger partial charge in [-0.15, -0.1) is 10.2 Å². The first-order valence-corrected chi connectivity index (χ1v) is 12.3. The average molecular weight is 484 g/mol. The van der Waals surface area contributed by atoms with Gasteiger partial charge in [0.1, 0.15) is 5.75 Å². The van der Waals surface area contributed by atoms with Crippen molar-refractivity contribution in [3.63, 3.8) is 0 Å². The van der Waals surface area contributed by atoms with Crippen LogP contribution >= 0.6 is 34.7 Å². The molecule has 164 valence electrons. The molecule has 3 aromatic carbocycles. The third-order valence-corrected chi connectivity index (χ3v) is 7.58. The number of hydrogen-bond donors (Lipinski definition) is 1. The first kappa shape index (κ1) is 22.6. The molecule has 0 aliphatic rings. The van der Waals surface area contributed by atoms with E-state index in [0.29, 0.717) is 15.9 Å². The molecule has 1 atom stereocenters. The summed E-state index contributed by atoms with van der Waals surface area (Å²) < 4.78 is 6.60. The van der Waals surface area contributed by atoms with Gasteiger partial charge in [0.05, 0.1) is 0 Å². The van der Waals surface area contributed by atoms with Gasteiger partial charge >= 0.3 is 0 Å². The van der Waals surface area contributed by atoms with Crippen LogP contribution in [0.4, 0.5) is 5.13 Å². The van der Waals surface area contributed by atoms with E-state index in [0.717, 1.165) is 21.2 Å². The molecule has 0 bridgehead atoms. The van der Waals surface area contributed by atoms with Gasteiger partial charge in [-0.1, -0.05) is 77.2 Å². The SMILES string of the molecule is Cc1cc(OC(C)C(=O)Nc2nnc(SCc3cccc4ccccc34)s2)cc(C)c1Cl. The molecule has 1 unspecified atom stereocenters. The van der Waals surface area contributed by atoms with Crippen molar-refractivity contribution < 1.29 is 9.53 Å². The van der Waals surface area contributed by atoms with Gasteiger partial charge in [0.15, 0.2) is 10.4 Å². The van der Waals surface area contributed by atoms with E-state index < -0.39 is 6.10 Å². The van der Waals surface area contributed by atoms with E-state index in [4.69, 9.17) is 16.3 Å². The summed E-state index contributed by atoms with van der Waals surface area (Å²) in [4.78, 5) is 12.6. The Bertz CT molecular complexity index is 1250. The van der Waals surface area contributed by atoms with Crippen molar-refractivity contribution in [2.75, 3.05) is 5.32 Å². The number of fused-ring (bicyclic) bond motifs is 1. The van der Waals surface area contributed by atoms with Gasteiger partial charge in [-0.3, -0.25) is 10.1 Å². The van der Waals surface area contributed by atoms with E-state index in [1.807, 2.05) is 38.1 Å². The summed E-state index contributed by atoms with van der Waals surface area (Å²) in [5.74, 6) is 1.10. The Kier molecular flexibility index (Phi) is 6.98. The number of ether oxygens (including phenoxy) is 1. The van der Waals surface area contributed by atoms with Gasteiger partial charge in [-0.2, -0.15) is 0 Å². The van der Waals surface area contributed by atoms with Crippen molar-refractivity contribution in [3.05, 3.63) is 76.3 Å². The molecule has 0 saturated carbocycles. The first-order chi connectivity index (χ1) is 15.4. The van der Waals surface area contributed by atoms with Crippen LogP contribution in [0, 0.1) is 13.8 Å².